The molecule has 2 nitrogen and oxygen atoms in total. The number of thiophene rings is 1. The summed E-state index contributed by atoms with van der Waals surface area (Å²) in [5.41, 5.74) is 1.88. The number of fused-ring (bicyclic) bond motifs is 1. The number of nitrogens with one attached hydrogen (secondary N) is 1. The van der Waals surface area contributed by atoms with Crippen molar-refractivity contribution in [2.45, 2.75) is 5.25 Å². The summed E-state index contributed by atoms with van der Waals surface area (Å²) < 4.78 is 0. The van der Waals surface area contributed by atoms with Crippen LogP contribution in [0.4, 0.5) is 5.69 Å². The number of benzene rings is 1. The van der Waals surface area contributed by atoms with Gasteiger partial charge in [-0.1, -0.05) is 29.3 Å². The van der Waals surface area contributed by atoms with Gasteiger partial charge in [0.1, 0.15) is 0 Å². The number of halogens is 2. The van der Waals surface area contributed by atoms with Crippen LogP contribution < -0.4 is 5.32 Å². The van der Waals surface area contributed by atoms with Crippen LogP contribution >= 0.6 is 46.3 Å². The Morgan fingerprint density at radius 2 is 2.11 bits per heavy atom. The molecule has 0 saturated carbocycles. The minimum atomic E-state index is 0.0252. The number of carbonyl (C=O) groups excluding carboxylic acids is 1. The van der Waals surface area contributed by atoms with Crippen molar-refractivity contribution in [1.29, 1.82) is 0 Å². The fourth-order valence-corrected chi connectivity index (χ4v) is 4.85. The lowest BCUT2D eigenvalue weighted by molar-refractivity contribution is -0.113. The van der Waals surface area contributed by atoms with E-state index in [1.807, 2.05) is 23.6 Å². The Morgan fingerprint density at radius 1 is 1.26 bits per heavy atom. The monoisotopic (exact) mass is 329 g/mol. The summed E-state index contributed by atoms with van der Waals surface area (Å²) in [5.74, 6) is 0.447. The van der Waals surface area contributed by atoms with Gasteiger partial charge in [-0.2, -0.15) is 0 Å². The second kappa shape index (κ2) is 5.37. The summed E-state index contributed by atoms with van der Waals surface area (Å²) >= 11 is 15.4. The molecule has 1 aliphatic rings. The second-order valence-corrected chi connectivity index (χ2v) is 6.99. The van der Waals surface area contributed by atoms with E-state index in [0.29, 0.717) is 15.8 Å². The van der Waals surface area contributed by atoms with Crippen LogP contribution in [0.3, 0.4) is 0 Å². The Hall–Kier alpha value is -0.680. The van der Waals surface area contributed by atoms with E-state index in [0.717, 1.165) is 16.1 Å². The van der Waals surface area contributed by atoms with E-state index in [1.165, 1.54) is 0 Å². The van der Waals surface area contributed by atoms with Gasteiger partial charge in [0, 0.05) is 14.9 Å². The molecule has 98 valence electrons. The lowest BCUT2D eigenvalue weighted by Gasteiger charge is -2.15. The van der Waals surface area contributed by atoms with Crippen molar-refractivity contribution in [3.63, 3.8) is 0 Å². The summed E-state index contributed by atoms with van der Waals surface area (Å²) in [6.45, 7) is 0. The minimum absolute atomic E-state index is 0.0252. The molecule has 1 N–H and O–H groups in total. The van der Waals surface area contributed by atoms with Gasteiger partial charge in [-0.25, -0.2) is 0 Å². The SMILES string of the molecule is O=C1CS[C@H](c2ccc(Cl)cc2Cl)c2sccc2N1. The maximum absolute atomic E-state index is 11.7. The zero-order valence-corrected chi connectivity index (χ0v) is 12.8. The molecule has 0 bridgehead atoms. The molecule has 3 rings (SSSR count). The van der Waals surface area contributed by atoms with E-state index < -0.39 is 0 Å². The zero-order valence-electron chi connectivity index (χ0n) is 9.65. The maximum atomic E-state index is 11.7. The average molecular weight is 330 g/mol. The third-order valence-electron chi connectivity index (χ3n) is 2.83. The molecular formula is C13H9Cl2NOS2. The second-order valence-electron chi connectivity index (χ2n) is 4.10. The van der Waals surface area contributed by atoms with Crippen LogP contribution in [0.25, 0.3) is 0 Å². The van der Waals surface area contributed by atoms with Gasteiger partial charge in [-0.15, -0.1) is 23.1 Å². The number of anilines is 1. The highest BCUT2D eigenvalue weighted by atomic mass is 35.5. The quantitative estimate of drug-likeness (QED) is 0.811. The van der Waals surface area contributed by atoms with Gasteiger partial charge < -0.3 is 5.32 Å². The van der Waals surface area contributed by atoms with Crippen molar-refractivity contribution in [2.24, 2.45) is 0 Å². The Balaban J connectivity index is 2.08. The van der Waals surface area contributed by atoms with Gasteiger partial charge in [0.05, 0.1) is 16.7 Å². The molecule has 1 aromatic carbocycles. The minimum Gasteiger partial charge on any atom is -0.324 e. The zero-order chi connectivity index (χ0) is 13.4. The molecule has 2 heterocycles. The number of carbonyl (C=O) groups is 1. The number of hydrogen-bond donors (Lipinski definition) is 1. The van der Waals surface area contributed by atoms with Gasteiger partial charge in [-0.05, 0) is 29.1 Å². The summed E-state index contributed by atoms with van der Waals surface area (Å²) in [6.07, 6.45) is 0. The molecule has 1 aromatic heterocycles. The third kappa shape index (κ3) is 2.63. The predicted molar refractivity (Wildman–Crippen MR) is 83.7 cm³/mol. The van der Waals surface area contributed by atoms with E-state index in [2.05, 4.69) is 5.32 Å². The number of rotatable bonds is 1. The van der Waals surface area contributed by atoms with Crippen LogP contribution in [-0.4, -0.2) is 11.7 Å². The highest BCUT2D eigenvalue weighted by molar-refractivity contribution is 8.00. The van der Waals surface area contributed by atoms with Crippen LogP contribution in [0.15, 0.2) is 29.6 Å². The van der Waals surface area contributed by atoms with E-state index in [9.17, 15) is 4.79 Å². The molecule has 2 aromatic rings. The lowest BCUT2D eigenvalue weighted by Crippen LogP contribution is -2.11. The molecule has 0 spiro atoms. The van der Waals surface area contributed by atoms with E-state index in [-0.39, 0.29) is 11.2 Å². The van der Waals surface area contributed by atoms with Crippen molar-refractivity contribution in [3.05, 3.63) is 50.1 Å². The maximum Gasteiger partial charge on any atom is 0.234 e. The van der Waals surface area contributed by atoms with Gasteiger partial charge in [0.2, 0.25) is 5.91 Å². The Labute approximate surface area is 129 Å². The molecule has 6 heteroatoms. The average Bonchev–Trinajstić information content (AvgIpc) is 2.74. The molecule has 0 saturated heterocycles. The number of hydrogen-bond acceptors (Lipinski definition) is 3. The smallest absolute Gasteiger partial charge is 0.234 e. The van der Waals surface area contributed by atoms with E-state index in [1.54, 1.807) is 29.2 Å². The fraction of sp³-hybridized carbons (Fsp3) is 0.154. The largest absolute Gasteiger partial charge is 0.324 e. The number of amides is 1. The van der Waals surface area contributed by atoms with Gasteiger partial charge >= 0.3 is 0 Å². The van der Waals surface area contributed by atoms with Crippen molar-refractivity contribution in [1.82, 2.24) is 0 Å². The first-order chi connectivity index (χ1) is 9.15. The first-order valence-corrected chi connectivity index (χ1v) is 8.27. The summed E-state index contributed by atoms with van der Waals surface area (Å²) in [4.78, 5) is 12.8. The van der Waals surface area contributed by atoms with E-state index in [4.69, 9.17) is 23.2 Å². The van der Waals surface area contributed by atoms with Crippen LogP contribution in [-0.2, 0) is 4.79 Å². The predicted octanol–water partition coefficient (Wildman–Crippen LogP) is 4.83. The Morgan fingerprint density at radius 3 is 2.89 bits per heavy atom. The standard InChI is InChI=1S/C13H9Cl2NOS2/c14-7-1-2-8(9(15)5-7)12-13-10(3-4-18-13)16-11(17)6-19-12/h1-5,12H,6H2,(H,16,17)/t12-/m1/s1. The molecule has 0 aliphatic carbocycles. The Bertz CT molecular complexity index is 641. The first-order valence-electron chi connectivity index (χ1n) is 5.59. The third-order valence-corrected chi connectivity index (χ3v) is 5.78. The number of thioether (sulfide) groups is 1. The summed E-state index contributed by atoms with van der Waals surface area (Å²) in [5, 5.41) is 6.22. The van der Waals surface area contributed by atoms with Crippen LogP contribution in [0, 0.1) is 0 Å². The van der Waals surface area contributed by atoms with Crippen molar-refractivity contribution >= 4 is 57.9 Å². The van der Waals surface area contributed by atoms with Crippen molar-refractivity contribution in [2.75, 3.05) is 11.1 Å². The van der Waals surface area contributed by atoms with Gasteiger partial charge in [0.25, 0.3) is 0 Å². The molecular weight excluding hydrogens is 321 g/mol. The molecule has 1 amide bonds. The van der Waals surface area contributed by atoms with Crippen molar-refractivity contribution < 1.29 is 4.79 Å². The van der Waals surface area contributed by atoms with Gasteiger partial charge in [0.15, 0.2) is 0 Å². The first kappa shape index (κ1) is 13.3. The normalized spacial score (nSPS) is 18.6. The molecule has 19 heavy (non-hydrogen) atoms. The molecule has 0 unspecified atom stereocenters. The van der Waals surface area contributed by atoms with Crippen molar-refractivity contribution in [3.8, 4) is 0 Å². The van der Waals surface area contributed by atoms with E-state index >= 15 is 0 Å². The highest BCUT2D eigenvalue weighted by Crippen LogP contribution is 2.46. The molecule has 0 fully saturated rings. The highest BCUT2D eigenvalue weighted by Gasteiger charge is 2.26. The molecule has 0 radical (unpaired) electrons. The fourth-order valence-electron chi connectivity index (χ4n) is 1.99. The topological polar surface area (TPSA) is 29.1 Å². The Kier molecular flexibility index (Phi) is 3.76. The lowest BCUT2D eigenvalue weighted by atomic mass is 10.1. The van der Waals surface area contributed by atoms with Crippen LogP contribution in [0.5, 0.6) is 0 Å². The van der Waals surface area contributed by atoms with Gasteiger partial charge in [-0.3, -0.25) is 4.79 Å². The van der Waals surface area contributed by atoms with Crippen LogP contribution in [0.1, 0.15) is 15.7 Å². The van der Waals surface area contributed by atoms with Crippen LogP contribution in [0.2, 0.25) is 10.0 Å². The summed E-state index contributed by atoms with van der Waals surface area (Å²) in [6, 6.07) is 7.44. The summed E-state index contributed by atoms with van der Waals surface area (Å²) in [7, 11) is 0. The molecule has 1 aliphatic heterocycles. The molecule has 1 atom stereocenters.